The van der Waals surface area contributed by atoms with Crippen molar-refractivity contribution in [3.8, 4) is 0 Å². The number of aromatic nitrogens is 1. The minimum atomic E-state index is -0.194. The smallest absolute Gasteiger partial charge is 0.225 e. The van der Waals surface area contributed by atoms with Gasteiger partial charge in [-0.15, -0.1) is 0 Å². The summed E-state index contributed by atoms with van der Waals surface area (Å²) in [7, 11) is 0. The molecule has 5 nitrogen and oxygen atoms in total. The lowest BCUT2D eigenvalue weighted by Gasteiger charge is -2.53. The van der Waals surface area contributed by atoms with Gasteiger partial charge in [0.1, 0.15) is 0 Å². The fraction of sp³-hybridized carbons (Fsp3) is 0.731. The van der Waals surface area contributed by atoms with Crippen molar-refractivity contribution in [2.24, 2.45) is 11.3 Å². The van der Waals surface area contributed by atoms with Crippen LogP contribution in [0.1, 0.15) is 96.7 Å². The Morgan fingerprint density at radius 1 is 1.16 bits per heavy atom. The molecule has 1 aromatic rings. The number of likely N-dealkylation sites (tertiary alicyclic amines) is 1. The molecule has 4 rings (SSSR count). The average Bonchev–Trinajstić information content (AvgIpc) is 2.69. The highest BCUT2D eigenvalue weighted by Gasteiger charge is 2.50. The third kappa shape index (κ3) is 4.51. The minimum Gasteiger partial charge on any atom is -0.351 e. The molecule has 0 atom stereocenters. The van der Waals surface area contributed by atoms with E-state index in [2.05, 4.69) is 55.0 Å². The van der Waals surface area contributed by atoms with Crippen molar-refractivity contribution >= 4 is 11.8 Å². The number of hydrogen-bond acceptors (Lipinski definition) is 3. The first-order chi connectivity index (χ1) is 14.5. The van der Waals surface area contributed by atoms with Crippen molar-refractivity contribution in [3.63, 3.8) is 0 Å². The van der Waals surface area contributed by atoms with Crippen LogP contribution in [0.2, 0.25) is 0 Å². The SMILES string of the molecule is CCC(=O)N[C@]1(C)C[C@H](C(=O)N2CCC3(CC2)CC(c2cc(C(C)(C)C)ccn2)C3)C1. The number of rotatable bonds is 4. The van der Waals surface area contributed by atoms with Gasteiger partial charge in [0.25, 0.3) is 0 Å². The lowest BCUT2D eigenvalue weighted by Crippen LogP contribution is -2.59. The van der Waals surface area contributed by atoms with E-state index in [1.54, 1.807) is 0 Å². The summed E-state index contributed by atoms with van der Waals surface area (Å²) in [5.41, 5.74) is 2.98. The molecule has 2 amide bonds. The third-order valence-electron chi connectivity index (χ3n) is 8.07. The van der Waals surface area contributed by atoms with E-state index < -0.39 is 0 Å². The Balaban J connectivity index is 1.26. The molecule has 1 aromatic heterocycles. The van der Waals surface area contributed by atoms with Crippen LogP contribution in [0.4, 0.5) is 0 Å². The van der Waals surface area contributed by atoms with Crippen molar-refractivity contribution < 1.29 is 9.59 Å². The molecule has 3 fully saturated rings. The Labute approximate surface area is 187 Å². The van der Waals surface area contributed by atoms with E-state index in [0.29, 0.717) is 23.7 Å². The maximum absolute atomic E-state index is 13.0. The lowest BCUT2D eigenvalue weighted by molar-refractivity contribution is -0.146. The van der Waals surface area contributed by atoms with Gasteiger partial charge in [-0.05, 0) is 74.0 Å². The van der Waals surface area contributed by atoms with Gasteiger partial charge in [-0.25, -0.2) is 0 Å². The summed E-state index contributed by atoms with van der Waals surface area (Å²) in [5, 5.41) is 3.08. The molecule has 5 heteroatoms. The van der Waals surface area contributed by atoms with Crippen molar-refractivity contribution in [1.29, 1.82) is 0 Å². The van der Waals surface area contributed by atoms with Gasteiger partial charge in [0, 0.05) is 48.8 Å². The predicted octanol–water partition coefficient (Wildman–Crippen LogP) is 4.56. The fourth-order valence-electron chi connectivity index (χ4n) is 5.93. The van der Waals surface area contributed by atoms with Gasteiger partial charge in [0.05, 0.1) is 0 Å². The molecule has 0 unspecified atom stereocenters. The molecule has 1 saturated heterocycles. The van der Waals surface area contributed by atoms with Gasteiger partial charge in [-0.2, -0.15) is 0 Å². The first kappa shape index (κ1) is 22.3. The number of carbonyl (C=O) groups is 2. The van der Waals surface area contributed by atoms with Crippen LogP contribution in [0.5, 0.6) is 0 Å². The zero-order valence-corrected chi connectivity index (χ0v) is 20.0. The molecule has 2 aliphatic carbocycles. The first-order valence-corrected chi connectivity index (χ1v) is 12.1. The highest BCUT2D eigenvalue weighted by atomic mass is 16.2. The molecule has 3 aliphatic rings. The molecule has 1 spiro atoms. The second-order valence-electron chi connectivity index (χ2n) is 11.7. The summed E-state index contributed by atoms with van der Waals surface area (Å²) in [5.74, 6) is 1.03. The Bertz CT molecular complexity index is 834. The van der Waals surface area contributed by atoms with Crippen molar-refractivity contribution in [2.45, 2.75) is 96.4 Å². The Morgan fingerprint density at radius 3 is 2.39 bits per heavy atom. The zero-order chi connectivity index (χ0) is 22.4. The molecular weight excluding hydrogens is 386 g/mol. The maximum Gasteiger partial charge on any atom is 0.225 e. The first-order valence-electron chi connectivity index (χ1n) is 12.1. The van der Waals surface area contributed by atoms with Crippen LogP contribution in [0, 0.1) is 11.3 Å². The number of amides is 2. The molecule has 1 N–H and O–H groups in total. The van der Waals surface area contributed by atoms with Crippen LogP contribution < -0.4 is 5.32 Å². The van der Waals surface area contributed by atoms with Gasteiger partial charge < -0.3 is 10.2 Å². The molecule has 0 bridgehead atoms. The quantitative estimate of drug-likeness (QED) is 0.769. The van der Waals surface area contributed by atoms with Crippen molar-refractivity contribution in [3.05, 3.63) is 29.6 Å². The molecule has 31 heavy (non-hydrogen) atoms. The number of carbonyl (C=O) groups excluding carboxylic acids is 2. The van der Waals surface area contributed by atoms with Crippen LogP contribution in [0.25, 0.3) is 0 Å². The number of nitrogens with zero attached hydrogens (tertiary/aromatic N) is 2. The number of hydrogen-bond donors (Lipinski definition) is 1. The van der Waals surface area contributed by atoms with E-state index >= 15 is 0 Å². The van der Waals surface area contributed by atoms with E-state index in [9.17, 15) is 9.59 Å². The van der Waals surface area contributed by atoms with Gasteiger partial charge in [-0.1, -0.05) is 27.7 Å². The standard InChI is InChI=1S/C26H39N3O2/c1-6-22(30)28-25(5)14-19(15-25)23(31)29-11-8-26(9-12-29)16-18(17-26)21-13-20(7-10-27-21)24(2,3)4/h7,10,13,18-19H,6,8-9,11-12,14-17H2,1-5H3,(H,28,30)/t19-,25+. The Morgan fingerprint density at radius 2 is 1.81 bits per heavy atom. The van der Waals surface area contributed by atoms with Gasteiger partial charge in [0.15, 0.2) is 0 Å². The van der Waals surface area contributed by atoms with Crippen LogP contribution in [0.15, 0.2) is 18.3 Å². The molecular formula is C26H39N3O2. The topological polar surface area (TPSA) is 62.3 Å². The molecule has 2 saturated carbocycles. The molecule has 1 aliphatic heterocycles. The summed E-state index contributed by atoms with van der Waals surface area (Å²) >= 11 is 0. The van der Waals surface area contributed by atoms with E-state index in [-0.39, 0.29) is 22.8 Å². The van der Waals surface area contributed by atoms with Gasteiger partial charge >= 0.3 is 0 Å². The zero-order valence-electron chi connectivity index (χ0n) is 20.0. The van der Waals surface area contributed by atoms with E-state index in [4.69, 9.17) is 0 Å². The fourth-order valence-corrected chi connectivity index (χ4v) is 5.93. The van der Waals surface area contributed by atoms with E-state index in [1.807, 2.05) is 13.1 Å². The third-order valence-corrected chi connectivity index (χ3v) is 8.07. The second-order valence-corrected chi connectivity index (χ2v) is 11.7. The number of pyridine rings is 1. The summed E-state index contributed by atoms with van der Waals surface area (Å²) in [4.78, 5) is 31.4. The van der Waals surface area contributed by atoms with E-state index in [1.165, 1.54) is 24.1 Å². The number of piperidine rings is 1. The largest absolute Gasteiger partial charge is 0.351 e. The lowest BCUT2D eigenvalue weighted by atomic mass is 9.56. The number of nitrogens with one attached hydrogen (secondary N) is 1. The van der Waals surface area contributed by atoms with Gasteiger partial charge in [-0.3, -0.25) is 14.6 Å². The van der Waals surface area contributed by atoms with Gasteiger partial charge in [0.2, 0.25) is 11.8 Å². The Hall–Kier alpha value is -1.91. The molecule has 170 valence electrons. The molecule has 0 radical (unpaired) electrons. The van der Waals surface area contributed by atoms with Crippen LogP contribution in [-0.2, 0) is 15.0 Å². The van der Waals surface area contributed by atoms with Crippen LogP contribution in [0.3, 0.4) is 0 Å². The molecule has 2 heterocycles. The summed E-state index contributed by atoms with van der Waals surface area (Å²) in [6, 6.07) is 4.45. The summed E-state index contributed by atoms with van der Waals surface area (Å²) < 4.78 is 0. The predicted molar refractivity (Wildman–Crippen MR) is 123 cm³/mol. The Kier molecular flexibility index (Phi) is 5.68. The maximum atomic E-state index is 13.0. The second kappa shape index (κ2) is 7.90. The monoisotopic (exact) mass is 425 g/mol. The van der Waals surface area contributed by atoms with Crippen molar-refractivity contribution in [2.75, 3.05) is 13.1 Å². The minimum absolute atomic E-state index is 0.0784. The summed E-state index contributed by atoms with van der Waals surface area (Å²) in [6.45, 7) is 12.5. The highest BCUT2D eigenvalue weighted by molar-refractivity contribution is 5.82. The van der Waals surface area contributed by atoms with E-state index in [0.717, 1.165) is 38.8 Å². The van der Waals surface area contributed by atoms with Crippen LogP contribution >= 0.6 is 0 Å². The normalized spacial score (nSPS) is 28.0. The van der Waals surface area contributed by atoms with Crippen LogP contribution in [-0.4, -0.2) is 40.3 Å². The van der Waals surface area contributed by atoms with Crippen molar-refractivity contribution in [1.82, 2.24) is 15.2 Å². The molecule has 0 aromatic carbocycles. The average molecular weight is 426 g/mol. The summed E-state index contributed by atoms with van der Waals surface area (Å²) in [6.07, 6.45) is 8.67. The highest BCUT2D eigenvalue weighted by Crippen LogP contribution is 2.56.